The van der Waals surface area contributed by atoms with Crippen LogP contribution < -0.4 is 29.7 Å². The van der Waals surface area contributed by atoms with Gasteiger partial charge in [-0.05, 0) is 31.2 Å². The van der Waals surface area contributed by atoms with Gasteiger partial charge < -0.3 is 24.3 Å². The highest BCUT2D eigenvalue weighted by Crippen LogP contribution is 2.34. The maximum atomic E-state index is 12.1. The van der Waals surface area contributed by atoms with Gasteiger partial charge in [-0.15, -0.1) is 0 Å². The summed E-state index contributed by atoms with van der Waals surface area (Å²) in [4.78, 5) is 12.1. The van der Waals surface area contributed by atoms with Crippen LogP contribution in [0.25, 0.3) is 0 Å². The molecule has 0 radical (unpaired) electrons. The van der Waals surface area contributed by atoms with E-state index in [9.17, 15) is 4.79 Å². The van der Waals surface area contributed by atoms with Gasteiger partial charge in [0.1, 0.15) is 11.5 Å². The standard InChI is InChI=1S/C19H21N3O5/c1-12(15-6-5-14(24-2)9-17(15)25-3)21-22-19(23)10-20-13-4-7-16-18(8-13)27-11-26-16/h4-9,20H,10-11H2,1-3H3,(H,22,23)/b21-12-. The van der Waals surface area contributed by atoms with E-state index >= 15 is 0 Å². The molecule has 0 atom stereocenters. The van der Waals surface area contributed by atoms with E-state index in [0.717, 1.165) is 11.3 Å². The number of amides is 1. The first kappa shape index (κ1) is 18.4. The molecule has 2 N–H and O–H groups in total. The van der Waals surface area contributed by atoms with E-state index in [4.69, 9.17) is 18.9 Å². The van der Waals surface area contributed by atoms with Crippen molar-refractivity contribution in [3.63, 3.8) is 0 Å². The molecule has 0 aliphatic carbocycles. The molecule has 0 unspecified atom stereocenters. The van der Waals surface area contributed by atoms with E-state index in [1.807, 2.05) is 12.1 Å². The predicted molar refractivity (Wildman–Crippen MR) is 101 cm³/mol. The number of benzene rings is 2. The summed E-state index contributed by atoms with van der Waals surface area (Å²) in [7, 11) is 3.15. The normalized spacial score (nSPS) is 12.5. The van der Waals surface area contributed by atoms with Gasteiger partial charge in [0.15, 0.2) is 11.5 Å². The molecule has 27 heavy (non-hydrogen) atoms. The zero-order valence-electron chi connectivity index (χ0n) is 15.4. The Morgan fingerprint density at radius 1 is 1.11 bits per heavy atom. The van der Waals surface area contributed by atoms with Gasteiger partial charge in [-0.3, -0.25) is 4.79 Å². The first-order valence-electron chi connectivity index (χ1n) is 8.29. The molecule has 2 aromatic carbocycles. The average Bonchev–Trinajstić information content (AvgIpc) is 3.17. The first-order chi connectivity index (χ1) is 13.1. The quantitative estimate of drug-likeness (QED) is 0.574. The van der Waals surface area contributed by atoms with Crippen LogP contribution in [0.1, 0.15) is 12.5 Å². The number of rotatable bonds is 7. The third kappa shape index (κ3) is 4.41. The van der Waals surface area contributed by atoms with E-state index in [0.29, 0.717) is 28.7 Å². The average molecular weight is 371 g/mol. The second-order valence-electron chi connectivity index (χ2n) is 5.72. The highest BCUT2D eigenvalue weighted by Gasteiger charge is 2.13. The van der Waals surface area contributed by atoms with Crippen LogP contribution in [0.5, 0.6) is 23.0 Å². The Balaban J connectivity index is 1.58. The maximum Gasteiger partial charge on any atom is 0.259 e. The zero-order valence-corrected chi connectivity index (χ0v) is 15.4. The van der Waals surface area contributed by atoms with Gasteiger partial charge in [-0.1, -0.05) is 0 Å². The van der Waals surface area contributed by atoms with Crippen LogP contribution in [0, 0.1) is 0 Å². The monoisotopic (exact) mass is 371 g/mol. The summed E-state index contributed by atoms with van der Waals surface area (Å²) in [6.45, 7) is 2.06. The summed E-state index contributed by atoms with van der Waals surface area (Å²) in [6.07, 6.45) is 0. The minimum atomic E-state index is -0.278. The summed E-state index contributed by atoms with van der Waals surface area (Å²) >= 11 is 0. The SMILES string of the molecule is COc1ccc(/C(C)=N\NC(=O)CNc2ccc3c(c2)OCO3)c(OC)c1. The lowest BCUT2D eigenvalue weighted by Crippen LogP contribution is -2.26. The lowest BCUT2D eigenvalue weighted by molar-refractivity contribution is -0.119. The molecule has 8 heteroatoms. The summed E-state index contributed by atoms with van der Waals surface area (Å²) < 4.78 is 21.1. The topological polar surface area (TPSA) is 90.4 Å². The highest BCUT2D eigenvalue weighted by molar-refractivity contribution is 6.01. The van der Waals surface area contributed by atoms with Crippen molar-refractivity contribution in [2.75, 3.05) is 32.9 Å². The van der Waals surface area contributed by atoms with Gasteiger partial charge in [0.25, 0.3) is 5.91 Å². The number of hydrogen-bond acceptors (Lipinski definition) is 7. The minimum Gasteiger partial charge on any atom is -0.497 e. The van der Waals surface area contributed by atoms with Crippen LogP contribution in [0.15, 0.2) is 41.5 Å². The van der Waals surface area contributed by atoms with Gasteiger partial charge >= 0.3 is 0 Å². The molecule has 2 aromatic rings. The summed E-state index contributed by atoms with van der Waals surface area (Å²) in [5, 5.41) is 7.16. The van der Waals surface area contributed by atoms with Crippen LogP contribution in [0.3, 0.4) is 0 Å². The Labute approximate surface area is 157 Å². The predicted octanol–water partition coefficient (Wildman–Crippen LogP) is 2.38. The maximum absolute atomic E-state index is 12.1. The van der Waals surface area contributed by atoms with Gasteiger partial charge in [0.2, 0.25) is 6.79 Å². The van der Waals surface area contributed by atoms with E-state index in [1.165, 1.54) is 0 Å². The molecule has 1 heterocycles. The second-order valence-corrected chi connectivity index (χ2v) is 5.72. The first-order valence-corrected chi connectivity index (χ1v) is 8.29. The lowest BCUT2D eigenvalue weighted by Gasteiger charge is -2.10. The molecule has 142 valence electrons. The largest absolute Gasteiger partial charge is 0.497 e. The van der Waals surface area contributed by atoms with E-state index in [2.05, 4.69) is 15.8 Å². The van der Waals surface area contributed by atoms with Crippen LogP contribution in [0.4, 0.5) is 5.69 Å². The third-order valence-corrected chi connectivity index (χ3v) is 3.97. The van der Waals surface area contributed by atoms with Crippen molar-refractivity contribution >= 4 is 17.3 Å². The van der Waals surface area contributed by atoms with Crippen molar-refractivity contribution in [2.24, 2.45) is 5.10 Å². The molecule has 1 aliphatic rings. The number of hydrogen-bond donors (Lipinski definition) is 2. The van der Waals surface area contributed by atoms with Crippen LogP contribution >= 0.6 is 0 Å². The van der Waals surface area contributed by atoms with Crippen molar-refractivity contribution in [1.82, 2.24) is 5.43 Å². The molecule has 0 spiro atoms. The van der Waals surface area contributed by atoms with Crippen molar-refractivity contribution in [3.8, 4) is 23.0 Å². The second kappa shape index (κ2) is 8.31. The molecular weight excluding hydrogens is 350 g/mol. The van der Waals surface area contributed by atoms with Crippen LogP contribution in [0.2, 0.25) is 0 Å². The molecule has 1 aliphatic heterocycles. The van der Waals surface area contributed by atoms with E-state index in [1.54, 1.807) is 45.4 Å². The number of ether oxygens (including phenoxy) is 4. The van der Waals surface area contributed by atoms with Crippen molar-refractivity contribution < 1.29 is 23.7 Å². The Bertz CT molecular complexity index is 866. The third-order valence-electron chi connectivity index (χ3n) is 3.97. The molecule has 1 amide bonds. The molecular formula is C19H21N3O5. The number of nitrogens with zero attached hydrogens (tertiary/aromatic N) is 1. The minimum absolute atomic E-state index is 0.0656. The van der Waals surface area contributed by atoms with Crippen molar-refractivity contribution in [2.45, 2.75) is 6.92 Å². The number of carbonyl (C=O) groups excluding carboxylic acids is 1. The van der Waals surface area contributed by atoms with E-state index in [-0.39, 0.29) is 19.2 Å². The summed E-state index contributed by atoms with van der Waals surface area (Å²) in [5.41, 5.74) is 4.67. The Hall–Kier alpha value is -3.42. The van der Waals surface area contributed by atoms with Crippen LogP contribution in [-0.4, -0.2) is 39.2 Å². The highest BCUT2D eigenvalue weighted by atomic mass is 16.7. The number of hydrazone groups is 1. The molecule has 8 nitrogen and oxygen atoms in total. The van der Waals surface area contributed by atoms with Crippen LogP contribution in [-0.2, 0) is 4.79 Å². The molecule has 0 saturated carbocycles. The van der Waals surface area contributed by atoms with Crippen molar-refractivity contribution in [3.05, 3.63) is 42.0 Å². The smallest absolute Gasteiger partial charge is 0.259 e. The van der Waals surface area contributed by atoms with Gasteiger partial charge in [-0.2, -0.15) is 5.10 Å². The lowest BCUT2D eigenvalue weighted by atomic mass is 10.1. The van der Waals surface area contributed by atoms with Gasteiger partial charge in [-0.25, -0.2) is 5.43 Å². The molecule has 3 rings (SSSR count). The number of carbonyl (C=O) groups is 1. The van der Waals surface area contributed by atoms with Gasteiger partial charge in [0, 0.05) is 23.4 Å². The number of fused-ring (bicyclic) bond motifs is 1. The number of methoxy groups -OCH3 is 2. The fraction of sp³-hybridized carbons (Fsp3) is 0.263. The van der Waals surface area contributed by atoms with Gasteiger partial charge in [0.05, 0.1) is 26.5 Å². The Morgan fingerprint density at radius 2 is 1.93 bits per heavy atom. The fourth-order valence-electron chi connectivity index (χ4n) is 2.53. The van der Waals surface area contributed by atoms with E-state index < -0.39 is 0 Å². The fourth-order valence-corrected chi connectivity index (χ4v) is 2.53. The summed E-state index contributed by atoms with van der Waals surface area (Å²) in [6, 6.07) is 10.8. The number of anilines is 1. The van der Waals surface area contributed by atoms with Crippen molar-refractivity contribution in [1.29, 1.82) is 0 Å². The molecule has 0 aromatic heterocycles. The molecule has 0 saturated heterocycles. The molecule has 0 bridgehead atoms. The molecule has 0 fully saturated rings. The Kier molecular flexibility index (Phi) is 5.65. The summed E-state index contributed by atoms with van der Waals surface area (Å²) in [5.74, 6) is 2.36. The Morgan fingerprint density at radius 3 is 2.70 bits per heavy atom. The number of nitrogens with one attached hydrogen (secondary N) is 2. The zero-order chi connectivity index (χ0) is 19.2.